The minimum Gasteiger partial charge on any atom is -0.338 e. The van der Waals surface area contributed by atoms with Crippen LogP contribution in [0.15, 0.2) is 40.3 Å². The van der Waals surface area contributed by atoms with Crippen molar-refractivity contribution in [2.75, 3.05) is 0 Å². The molecule has 0 spiro atoms. The van der Waals surface area contributed by atoms with Crippen molar-refractivity contribution in [3.05, 3.63) is 47.9 Å². The van der Waals surface area contributed by atoms with Crippen molar-refractivity contribution in [2.45, 2.75) is 50.4 Å². The summed E-state index contributed by atoms with van der Waals surface area (Å²) in [6.45, 7) is 10.3. The first-order valence-electron chi connectivity index (χ1n) is 7.83. The fourth-order valence-electron chi connectivity index (χ4n) is 2.22. The molecule has 24 heavy (non-hydrogen) atoms. The predicted molar refractivity (Wildman–Crippen MR) is 93.4 cm³/mol. The van der Waals surface area contributed by atoms with E-state index in [0.29, 0.717) is 11.7 Å². The van der Waals surface area contributed by atoms with Crippen LogP contribution in [0.2, 0.25) is 0 Å². The van der Waals surface area contributed by atoms with Crippen molar-refractivity contribution in [1.82, 2.24) is 24.9 Å². The maximum absolute atomic E-state index is 5.43. The van der Waals surface area contributed by atoms with E-state index in [1.165, 1.54) is 5.56 Å². The first kappa shape index (κ1) is 16.7. The number of para-hydroxylation sites is 1. The lowest BCUT2D eigenvalue weighted by Gasteiger charge is -2.12. The van der Waals surface area contributed by atoms with Crippen molar-refractivity contribution in [2.24, 2.45) is 0 Å². The Morgan fingerprint density at radius 2 is 1.96 bits per heavy atom. The second-order valence-electron chi connectivity index (χ2n) is 6.74. The quantitative estimate of drug-likeness (QED) is 0.664. The van der Waals surface area contributed by atoms with Gasteiger partial charge in [-0.15, -0.1) is 10.2 Å². The topological polar surface area (TPSA) is 69.6 Å². The van der Waals surface area contributed by atoms with Gasteiger partial charge in [0.05, 0.1) is 10.9 Å². The maximum atomic E-state index is 5.43. The van der Waals surface area contributed by atoms with Gasteiger partial charge in [0.15, 0.2) is 11.0 Å². The Bertz CT molecular complexity index is 833. The number of nitrogens with zero attached hydrogens (tertiary/aromatic N) is 5. The second-order valence-corrected chi connectivity index (χ2v) is 8.04. The van der Waals surface area contributed by atoms with Gasteiger partial charge in [0.1, 0.15) is 6.33 Å². The van der Waals surface area contributed by atoms with Crippen LogP contribution >= 0.6 is 11.8 Å². The van der Waals surface area contributed by atoms with E-state index in [4.69, 9.17) is 4.52 Å². The van der Waals surface area contributed by atoms with Gasteiger partial charge in [0, 0.05) is 5.41 Å². The molecule has 0 aliphatic heterocycles. The van der Waals surface area contributed by atoms with E-state index >= 15 is 0 Å². The predicted octanol–water partition coefficient (Wildman–Crippen LogP) is 4.11. The van der Waals surface area contributed by atoms with Crippen LogP contribution in [0.5, 0.6) is 0 Å². The Balaban J connectivity index is 1.84. The minimum atomic E-state index is -0.132. The SMILES string of the molecule is Cc1ccccc1-n1cnnc1SC(C)c1nc(C(C)(C)C)no1. The normalized spacial score (nSPS) is 13.2. The number of rotatable bonds is 4. The van der Waals surface area contributed by atoms with Gasteiger partial charge in [-0.3, -0.25) is 4.57 Å². The Morgan fingerprint density at radius 3 is 2.62 bits per heavy atom. The summed E-state index contributed by atoms with van der Waals surface area (Å²) in [7, 11) is 0. The second kappa shape index (κ2) is 6.39. The van der Waals surface area contributed by atoms with Crippen LogP contribution in [0, 0.1) is 6.92 Å². The standard InChI is InChI=1S/C17H21N5OS/c1-11-8-6-7-9-13(11)22-10-18-20-16(22)24-12(2)14-19-15(21-23-14)17(3,4)5/h6-10,12H,1-5H3. The summed E-state index contributed by atoms with van der Waals surface area (Å²) in [6.07, 6.45) is 1.73. The zero-order valence-electron chi connectivity index (χ0n) is 14.5. The molecule has 0 fully saturated rings. The number of aromatic nitrogens is 5. The molecule has 7 heteroatoms. The van der Waals surface area contributed by atoms with E-state index in [-0.39, 0.29) is 10.7 Å². The number of thioether (sulfide) groups is 1. The van der Waals surface area contributed by atoms with Gasteiger partial charge in [-0.1, -0.05) is 55.9 Å². The fourth-order valence-corrected chi connectivity index (χ4v) is 3.08. The Morgan fingerprint density at radius 1 is 1.21 bits per heavy atom. The van der Waals surface area contributed by atoms with Crippen LogP contribution in [-0.4, -0.2) is 24.9 Å². The zero-order chi connectivity index (χ0) is 17.3. The maximum Gasteiger partial charge on any atom is 0.239 e. The summed E-state index contributed by atoms with van der Waals surface area (Å²) in [6, 6.07) is 8.15. The number of hydrogen-bond acceptors (Lipinski definition) is 6. The third-order valence-corrected chi connectivity index (χ3v) is 4.68. The van der Waals surface area contributed by atoms with Gasteiger partial charge in [-0.25, -0.2) is 0 Å². The summed E-state index contributed by atoms with van der Waals surface area (Å²) in [5.41, 5.74) is 2.10. The number of hydrogen-bond donors (Lipinski definition) is 0. The lowest BCUT2D eigenvalue weighted by Crippen LogP contribution is -2.13. The van der Waals surface area contributed by atoms with Gasteiger partial charge in [-0.05, 0) is 25.5 Å². The highest BCUT2D eigenvalue weighted by Gasteiger charge is 2.24. The van der Waals surface area contributed by atoms with Crippen LogP contribution in [0.1, 0.15) is 50.2 Å². The molecule has 0 aliphatic carbocycles. The van der Waals surface area contributed by atoms with Crippen molar-refractivity contribution in [1.29, 1.82) is 0 Å². The lowest BCUT2D eigenvalue weighted by molar-refractivity contribution is 0.364. The molecule has 0 radical (unpaired) electrons. The van der Waals surface area contributed by atoms with Crippen LogP contribution in [0.25, 0.3) is 5.69 Å². The first-order valence-corrected chi connectivity index (χ1v) is 8.71. The summed E-state index contributed by atoms with van der Waals surface area (Å²) < 4.78 is 7.42. The summed E-state index contributed by atoms with van der Waals surface area (Å²) in [4.78, 5) is 4.53. The Labute approximate surface area is 145 Å². The molecule has 0 bridgehead atoms. The molecular formula is C17H21N5OS. The third kappa shape index (κ3) is 3.36. The highest BCUT2D eigenvalue weighted by molar-refractivity contribution is 7.99. The van der Waals surface area contributed by atoms with Crippen molar-refractivity contribution in [3.8, 4) is 5.69 Å². The van der Waals surface area contributed by atoms with E-state index < -0.39 is 0 Å². The average Bonchev–Trinajstić information content (AvgIpc) is 3.16. The monoisotopic (exact) mass is 343 g/mol. The molecule has 2 aromatic heterocycles. The molecule has 0 amide bonds. The van der Waals surface area contributed by atoms with Crippen LogP contribution in [0.4, 0.5) is 0 Å². The highest BCUT2D eigenvalue weighted by atomic mass is 32.2. The third-order valence-electron chi connectivity index (χ3n) is 3.63. The fraction of sp³-hybridized carbons (Fsp3) is 0.412. The molecule has 3 aromatic rings. The van der Waals surface area contributed by atoms with Gasteiger partial charge >= 0.3 is 0 Å². The molecule has 0 aliphatic rings. The molecule has 1 atom stereocenters. The summed E-state index contributed by atoms with van der Waals surface area (Å²) in [5, 5.41) is 13.2. The van der Waals surface area contributed by atoms with E-state index in [2.05, 4.69) is 60.2 Å². The largest absolute Gasteiger partial charge is 0.338 e. The Kier molecular flexibility index (Phi) is 4.45. The number of benzene rings is 1. The molecule has 1 unspecified atom stereocenters. The first-order chi connectivity index (χ1) is 11.4. The van der Waals surface area contributed by atoms with Gasteiger partial charge in [-0.2, -0.15) is 4.98 Å². The van der Waals surface area contributed by atoms with E-state index in [1.807, 2.05) is 23.6 Å². The highest BCUT2D eigenvalue weighted by Crippen LogP contribution is 2.34. The van der Waals surface area contributed by atoms with Gasteiger partial charge in [0.2, 0.25) is 5.89 Å². The van der Waals surface area contributed by atoms with Crippen molar-refractivity contribution >= 4 is 11.8 Å². The van der Waals surface area contributed by atoms with Crippen LogP contribution in [0.3, 0.4) is 0 Å². The molecule has 2 heterocycles. The number of aryl methyl sites for hydroxylation is 1. The lowest BCUT2D eigenvalue weighted by atomic mass is 9.96. The minimum absolute atomic E-state index is 0.0134. The van der Waals surface area contributed by atoms with Crippen molar-refractivity contribution in [3.63, 3.8) is 0 Å². The molecule has 6 nitrogen and oxygen atoms in total. The smallest absolute Gasteiger partial charge is 0.239 e. The zero-order valence-corrected chi connectivity index (χ0v) is 15.3. The average molecular weight is 343 g/mol. The summed E-state index contributed by atoms with van der Waals surface area (Å²) >= 11 is 1.55. The molecule has 1 aromatic carbocycles. The molecular weight excluding hydrogens is 322 g/mol. The van der Waals surface area contributed by atoms with E-state index in [1.54, 1.807) is 18.1 Å². The molecule has 126 valence electrons. The van der Waals surface area contributed by atoms with Crippen molar-refractivity contribution < 1.29 is 4.52 Å². The summed E-state index contributed by atoms with van der Waals surface area (Å²) in [5.74, 6) is 1.31. The Hall–Kier alpha value is -2.15. The van der Waals surface area contributed by atoms with E-state index in [9.17, 15) is 0 Å². The molecule has 0 N–H and O–H groups in total. The van der Waals surface area contributed by atoms with Gasteiger partial charge < -0.3 is 4.52 Å². The molecule has 0 saturated carbocycles. The van der Waals surface area contributed by atoms with Crippen LogP contribution in [-0.2, 0) is 5.41 Å². The molecule has 3 rings (SSSR count). The molecule has 0 saturated heterocycles. The van der Waals surface area contributed by atoms with Crippen LogP contribution < -0.4 is 0 Å². The van der Waals surface area contributed by atoms with Gasteiger partial charge in [0.25, 0.3) is 0 Å². The van der Waals surface area contributed by atoms with E-state index in [0.717, 1.165) is 10.8 Å².